The van der Waals surface area contributed by atoms with Crippen LogP contribution in [0, 0.1) is 17.2 Å². The van der Waals surface area contributed by atoms with E-state index >= 15 is 0 Å². The minimum Gasteiger partial charge on any atom is -0.495 e. The van der Waals surface area contributed by atoms with Gasteiger partial charge in [0, 0.05) is 12.2 Å². The molecule has 4 nitrogen and oxygen atoms in total. The van der Waals surface area contributed by atoms with Gasteiger partial charge in [0.2, 0.25) is 0 Å². The molecule has 0 amide bonds. The van der Waals surface area contributed by atoms with Gasteiger partial charge in [0.25, 0.3) is 0 Å². The third-order valence-electron chi connectivity index (χ3n) is 2.79. The van der Waals surface area contributed by atoms with Gasteiger partial charge in [0.1, 0.15) is 11.7 Å². The van der Waals surface area contributed by atoms with E-state index in [-0.39, 0.29) is 12.3 Å². The predicted octanol–water partition coefficient (Wildman–Crippen LogP) is 1.88. The molecule has 1 atom stereocenters. The molecule has 1 aliphatic rings. The lowest BCUT2D eigenvalue weighted by Crippen LogP contribution is -2.19. The van der Waals surface area contributed by atoms with Crippen molar-refractivity contribution in [3.8, 4) is 11.8 Å². The maximum absolute atomic E-state index is 11.5. The molecular formula is C12H11ClN2O2. The molecule has 17 heavy (non-hydrogen) atoms. The minimum absolute atomic E-state index is 0.0422. The molecule has 0 radical (unpaired) electrons. The number of methoxy groups -OCH3 is 1. The Bertz CT molecular complexity index is 496. The molecule has 1 saturated heterocycles. The maximum Gasteiger partial charge on any atom is 0.170 e. The highest BCUT2D eigenvalue weighted by Gasteiger charge is 2.30. The Morgan fingerprint density at radius 2 is 2.35 bits per heavy atom. The predicted molar refractivity (Wildman–Crippen MR) is 64.3 cm³/mol. The number of nitrogens with zero attached hydrogens (tertiary/aromatic N) is 2. The van der Waals surface area contributed by atoms with Crippen molar-refractivity contribution < 1.29 is 9.53 Å². The van der Waals surface area contributed by atoms with Gasteiger partial charge in [-0.1, -0.05) is 11.6 Å². The first-order valence-electron chi connectivity index (χ1n) is 5.16. The second-order valence-electron chi connectivity index (χ2n) is 3.85. The van der Waals surface area contributed by atoms with Gasteiger partial charge >= 0.3 is 0 Å². The zero-order chi connectivity index (χ0) is 12.4. The normalized spacial score (nSPS) is 19.2. The number of halogens is 1. The van der Waals surface area contributed by atoms with Gasteiger partial charge in [-0.25, -0.2) is 0 Å². The van der Waals surface area contributed by atoms with E-state index in [0.29, 0.717) is 17.3 Å². The minimum atomic E-state index is -0.532. The van der Waals surface area contributed by atoms with Gasteiger partial charge in [0.05, 0.1) is 24.7 Å². The van der Waals surface area contributed by atoms with Crippen LogP contribution in [0.25, 0.3) is 0 Å². The van der Waals surface area contributed by atoms with Crippen LogP contribution >= 0.6 is 11.6 Å². The molecule has 1 heterocycles. The first-order chi connectivity index (χ1) is 8.15. The number of anilines is 1. The molecule has 1 aliphatic heterocycles. The Labute approximate surface area is 104 Å². The van der Waals surface area contributed by atoms with Crippen LogP contribution in [-0.2, 0) is 4.79 Å². The summed E-state index contributed by atoms with van der Waals surface area (Å²) in [5, 5.41) is 9.29. The molecular weight excluding hydrogens is 240 g/mol. The maximum atomic E-state index is 11.5. The van der Waals surface area contributed by atoms with E-state index in [1.807, 2.05) is 17.0 Å². The highest BCUT2D eigenvalue weighted by atomic mass is 35.5. The van der Waals surface area contributed by atoms with Crippen LogP contribution in [0.5, 0.6) is 5.75 Å². The van der Waals surface area contributed by atoms with Crippen LogP contribution in [0.2, 0.25) is 5.02 Å². The SMILES string of the molecule is COc1ccc(N2CC(=O)[C@H](C#N)C2)cc1Cl. The van der Waals surface area contributed by atoms with Gasteiger partial charge in [0.15, 0.2) is 5.78 Å². The number of carbonyl (C=O) groups excluding carboxylic acids is 1. The molecule has 0 unspecified atom stereocenters. The number of carbonyl (C=O) groups is 1. The van der Waals surface area contributed by atoms with Crippen LogP contribution in [0.1, 0.15) is 0 Å². The molecule has 0 N–H and O–H groups in total. The Morgan fingerprint density at radius 1 is 1.59 bits per heavy atom. The van der Waals surface area contributed by atoms with Crippen LogP contribution in [-0.4, -0.2) is 26.0 Å². The summed E-state index contributed by atoms with van der Waals surface area (Å²) >= 11 is 6.01. The Morgan fingerprint density at radius 3 is 2.88 bits per heavy atom. The van der Waals surface area contributed by atoms with Gasteiger partial charge in [-0.15, -0.1) is 0 Å². The average molecular weight is 251 g/mol. The summed E-state index contributed by atoms with van der Waals surface area (Å²) in [5.41, 5.74) is 0.835. The van der Waals surface area contributed by atoms with E-state index in [1.165, 1.54) is 0 Å². The van der Waals surface area contributed by atoms with E-state index in [4.69, 9.17) is 21.6 Å². The van der Waals surface area contributed by atoms with Crippen molar-refractivity contribution >= 4 is 23.1 Å². The molecule has 88 valence electrons. The molecule has 0 spiro atoms. The fourth-order valence-electron chi connectivity index (χ4n) is 1.85. The van der Waals surface area contributed by atoms with Crippen molar-refractivity contribution in [2.75, 3.05) is 25.1 Å². The summed E-state index contributed by atoms with van der Waals surface area (Å²) in [6.45, 7) is 0.693. The first kappa shape index (κ1) is 11.7. The first-order valence-corrected chi connectivity index (χ1v) is 5.54. The molecule has 1 aromatic carbocycles. The number of rotatable bonds is 2. The van der Waals surface area contributed by atoms with Gasteiger partial charge in [-0.3, -0.25) is 4.79 Å². The van der Waals surface area contributed by atoms with E-state index < -0.39 is 5.92 Å². The Balaban J connectivity index is 2.23. The number of benzene rings is 1. The number of hydrogen-bond donors (Lipinski definition) is 0. The largest absolute Gasteiger partial charge is 0.495 e. The summed E-state index contributed by atoms with van der Waals surface area (Å²) in [6, 6.07) is 7.33. The highest BCUT2D eigenvalue weighted by Crippen LogP contribution is 2.30. The lowest BCUT2D eigenvalue weighted by atomic mass is 10.1. The van der Waals surface area contributed by atoms with Gasteiger partial charge < -0.3 is 9.64 Å². The molecule has 0 saturated carbocycles. The molecule has 0 aromatic heterocycles. The second-order valence-corrected chi connectivity index (χ2v) is 4.25. The van der Waals surface area contributed by atoms with E-state index in [0.717, 1.165) is 5.69 Å². The zero-order valence-electron chi connectivity index (χ0n) is 9.31. The Kier molecular flexibility index (Phi) is 3.21. The number of ether oxygens (including phenoxy) is 1. The third kappa shape index (κ3) is 2.20. The van der Waals surface area contributed by atoms with E-state index in [9.17, 15) is 4.79 Å². The van der Waals surface area contributed by atoms with E-state index in [2.05, 4.69) is 0 Å². The standard InChI is InChI=1S/C12H11ClN2O2/c1-17-12-3-2-9(4-10(12)13)15-6-8(5-14)11(16)7-15/h2-4,8H,6-7H2,1H3/t8-/m1/s1. The lowest BCUT2D eigenvalue weighted by Gasteiger charge is -2.17. The molecule has 5 heteroatoms. The third-order valence-corrected chi connectivity index (χ3v) is 3.09. The highest BCUT2D eigenvalue weighted by molar-refractivity contribution is 6.32. The topological polar surface area (TPSA) is 53.3 Å². The molecule has 0 aliphatic carbocycles. The number of Topliss-reactive ketones (excluding diaryl/α,β-unsaturated/α-hetero) is 1. The van der Waals surface area contributed by atoms with Crippen LogP contribution < -0.4 is 9.64 Å². The molecule has 1 fully saturated rings. The summed E-state index contributed by atoms with van der Waals surface area (Å²) in [4.78, 5) is 13.3. The summed E-state index contributed by atoms with van der Waals surface area (Å²) in [6.07, 6.45) is 0. The summed E-state index contributed by atoms with van der Waals surface area (Å²) < 4.78 is 5.06. The van der Waals surface area contributed by atoms with Crippen molar-refractivity contribution in [3.05, 3.63) is 23.2 Å². The fraction of sp³-hybridized carbons (Fsp3) is 0.333. The van der Waals surface area contributed by atoms with Crippen LogP contribution in [0.15, 0.2) is 18.2 Å². The number of ketones is 1. The van der Waals surface area contributed by atoms with Crippen molar-refractivity contribution in [1.82, 2.24) is 0 Å². The molecule has 2 rings (SSSR count). The molecule has 1 aromatic rings. The summed E-state index contributed by atoms with van der Waals surface area (Å²) in [5.74, 6) is 0.0214. The number of nitriles is 1. The lowest BCUT2D eigenvalue weighted by molar-refractivity contribution is -0.118. The average Bonchev–Trinajstić information content (AvgIpc) is 2.70. The summed E-state index contributed by atoms with van der Waals surface area (Å²) in [7, 11) is 1.55. The second kappa shape index (κ2) is 4.64. The van der Waals surface area contributed by atoms with E-state index in [1.54, 1.807) is 19.2 Å². The van der Waals surface area contributed by atoms with Crippen LogP contribution in [0.3, 0.4) is 0 Å². The van der Waals surface area contributed by atoms with Crippen molar-refractivity contribution in [2.45, 2.75) is 0 Å². The fourth-order valence-corrected chi connectivity index (χ4v) is 2.10. The van der Waals surface area contributed by atoms with Crippen molar-refractivity contribution in [2.24, 2.45) is 5.92 Å². The zero-order valence-corrected chi connectivity index (χ0v) is 10.1. The van der Waals surface area contributed by atoms with Gasteiger partial charge in [-0.2, -0.15) is 5.26 Å². The monoisotopic (exact) mass is 250 g/mol. The van der Waals surface area contributed by atoms with Crippen molar-refractivity contribution in [3.63, 3.8) is 0 Å². The van der Waals surface area contributed by atoms with Crippen molar-refractivity contribution in [1.29, 1.82) is 5.26 Å². The quantitative estimate of drug-likeness (QED) is 0.804. The Hall–Kier alpha value is -1.73. The van der Waals surface area contributed by atoms with Crippen LogP contribution in [0.4, 0.5) is 5.69 Å². The molecule has 0 bridgehead atoms. The smallest absolute Gasteiger partial charge is 0.170 e. The number of hydrogen-bond acceptors (Lipinski definition) is 4. The van der Waals surface area contributed by atoms with Gasteiger partial charge in [-0.05, 0) is 18.2 Å².